The fraction of sp³-hybridized carbons (Fsp3) is 0.500. The summed E-state index contributed by atoms with van der Waals surface area (Å²) in [5.41, 5.74) is 2.30. The predicted molar refractivity (Wildman–Crippen MR) is 65.7 cm³/mol. The summed E-state index contributed by atoms with van der Waals surface area (Å²) < 4.78 is 5.23. The normalized spacial score (nSPS) is 29.9. The molecule has 1 unspecified atom stereocenters. The lowest BCUT2D eigenvalue weighted by Crippen LogP contribution is -2.19. The second kappa shape index (κ2) is 3.57. The second-order valence-electron chi connectivity index (χ2n) is 5.16. The minimum Gasteiger partial charge on any atom is -0.496 e. The van der Waals surface area contributed by atoms with Crippen molar-refractivity contribution >= 4 is 5.78 Å². The van der Waals surface area contributed by atoms with Crippen LogP contribution in [0.3, 0.4) is 0 Å². The van der Waals surface area contributed by atoms with E-state index in [9.17, 15) is 4.79 Å². The Morgan fingerprint density at radius 3 is 2.88 bits per heavy atom. The SMILES string of the molecule is COc1ccc(C23CNC[C@H]2C3)cc1C(C)=O. The van der Waals surface area contributed by atoms with Gasteiger partial charge < -0.3 is 10.1 Å². The quantitative estimate of drug-likeness (QED) is 0.806. The number of nitrogens with one attached hydrogen (secondary N) is 1. The van der Waals surface area contributed by atoms with E-state index in [0.29, 0.717) is 16.7 Å². The summed E-state index contributed by atoms with van der Waals surface area (Å²) in [6.45, 7) is 3.75. The fourth-order valence-electron chi connectivity index (χ4n) is 3.08. The van der Waals surface area contributed by atoms with Gasteiger partial charge in [-0.15, -0.1) is 0 Å². The van der Waals surface area contributed by atoms with Gasteiger partial charge in [0.05, 0.1) is 12.7 Å². The molecular weight excluding hydrogens is 214 g/mol. The number of carbonyl (C=O) groups is 1. The molecule has 3 rings (SSSR count). The topological polar surface area (TPSA) is 38.3 Å². The monoisotopic (exact) mass is 231 g/mol. The van der Waals surface area contributed by atoms with Crippen molar-refractivity contribution in [3.05, 3.63) is 29.3 Å². The van der Waals surface area contributed by atoms with Crippen LogP contribution in [0.25, 0.3) is 0 Å². The highest BCUT2D eigenvalue weighted by molar-refractivity contribution is 5.97. The van der Waals surface area contributed by atoms with Gasteiger partial charge >= 0.3 is 0 Å². The first-order chi connectivity index (χ1) is 8.17. The van der Waals surface area contributed by atoms with Gasteiger partial charge in [-0.05, 0) is 43.5 Å². The molecule has 1 heterocycles. The van der Waals surface area contributed by atoms with Gasteiger partial charge in [0.15, 0.2) is 5.78 Å². The minimum atomic E-state index is 0.0725. The van der Waals surface area contributed by atoms with Crippen LogP contribution in [0, 0.1) is 5.92 Å². The zero-order valence-corrected chi connectivity index (χ0v) is 10.2. The van der Waals surface area contributed by atoms with Crippen molar-refractivity contribution in [3.8, 4) is 5.75 Å². The largest absolute Gasteiger partial charge is 0.496 e. The lowest BCUT2D eigenvalue weighted by Gasteiger charge is -2.15. The fourth-order valence-corrected chi connectivity index (χ4v) is 3.08. The number of benzene rings is 1. The molecular formula is C14H17NO2. The number of fused-ring (bicyclic) bond motifs is 1. The summed E-state index contributed by atoms with van der Waals surface area (Å²) in [6.07, 6.45) is 1.25. The van der Waals surface area contributed by atoms with Crippen LogP contribution >= 0.6 is 0 Å². The van der Waals surface area contributed by atoms with Crippen molar-refractivity contribution < 1.29 is 9.53 Å². The van der Waals surface area contributed by atoms with Gasteiger partial charge in [0.25, 0.3) is 0 Å². The second-order valence-corrected chi connectivity index (χ2v) is 5.16. The molecule has 17 heavy (non-hydrogen) atoms. The molecule has 0 bridgehead atoms. The molecule has 0 aromatic heterocycles. The van der Waals surface area contributed by atoms with Gasteiger partial charge in [-0.2, -0.15) is 0 Å². The van der Waals surface area contributed by atoms with Crippen LogP contribution in [0.15, 0.2) is 18.2 Å². The Morgan fingerprint density at radius 2 is 2.35 bits per heavy atom. The summed E-state index contributed by atoms with van der Waals surface area (Å²) in [7, 11) is 1.61. The Hall–Kier alpha value is -1.35. The third kappa shape index (κ3) is 1.49. The van der Waals surface area contributed by atoms with E-state index in [4.69, 9.17) is 4.74 Å². The highest BCUT2D eigenvalue weighted by atomic mass is 16.5. The van der Waals surface area contributed by atoms with Crippen molar-refractivity contribution in [2.24, 2.45) is 5.92 Å². The minimum absolute atomic E-state index is 0.0725. The van der Waals surface area contributed by atoms with Crippen LogP contribution < -0.4 is 10.1 Å². The van der Waals surface area contributed by atoms with Crippen LogP contribution in [0.1, 0.15) is 29.3 Å². The molecule has 90 valence electrons. The van der Waals surface area contributed by atoms with Crippen molar-refractivity contribution in [2.75, 3.05) is 20.2 Å². The van der Waals surface area contributed by atoms with E-state index in [-0.39, 0.29) is 5.78 Å². The van der Waals surface area contributed by atoms with Crippen LogP contribution in [-0.2, 0) is 5.41 Å². The van der Waals surface area contributed by atoms with Crippen molar-refractivity contribution in [2.45, 2.75) is 18.8 Å². The summed E-state index contributed by atoms with van der Waals surface area (Å²) in [5.74, 6) is 1.51. The maximum Gasteiger partial charge on any atom is 0.163 e. The van der Waals surface area contributed by atoms with Gasteiger partial charge in [0.2, 0.25) is 0 Å². The number of Topliss-reactive ketones (excluding diaryl/α,β-unsaturated/α-hetero) is 1. The number of ether oxygens (including phenoxy) is 1. The van der Waals surface area contributed by atoms with E-state index in [0.717, 1.165) is 19.0 Å². The van der Waals surface area contributed by atoms with E-state index in [1.165, 1.54) is 12.0 Å². The molecule has 0 amide bonds. The zero-order valence-electron chi connectivity index (χ0n) is 10.2. The summed E-state index contributed by atoms with van der Waals surface area (Å²) >= 11 is 0. The standard InChI is InChI=1S/C14H17NO2/c1-9(16)12-5-10(3-4-13(12)17-2)14-6-11(14)7-15-8-14/h3-5,11,15H,6-8H2,1-2H3/t11-,14?/m1/s1. The molecule has 1 saturated carbocycles. The van der Waals surface area contributed by atoms with Gasteiger partial charge in [0.1, 0.15) is 5.75 Å². The lowest BCUT2D eigenvalue weighted by molar-refractivity contribution is 0.101. The van der Waals surface area contributed by atoms with Crippen molar-refractivity contribution in [1.82, 2.24) is 5.32 Å². The van der Waals surface area contributed by atoms with Crippen LogP contribution in [0.5, 0.6) is 5.75 Å². The molecule has 1 saturated heterocycles. The molecule has 2 fully saturated rings. The summed E-state index contributed by atoms with van der Waals surface area (Å²) in [6, 6.07) is 6.06. The van der Waals surface area contributed by atoms with E-state index in [1.54, 1.807) is 14.0 Å². The predicted octanol–water partition coefficient (Wildman–Crippen LogP) is 1.76. The average molecular weight is 231 g/mol. The summed E-state index contributed by atoms with van der Waals surface area (Å²) in [5, 5.41) is 3.42. The average Bonchev–Trinajstić information content (AvgIpc) is 2.91. The van der Waals surface area contributed by atoms with Crippen molar-refractivity contribution in [3.63, 3.8) is 0 Å². The lowest BCUT2D eigenvalue weighted by atomic mass is 9.92. The van der Waals surface area contributed by atoms with E-state index >= 15 is 0 Å². The maximum atomic E-state index is 11.6. The number of hydrogen-bond acceptors (Lipinski definition) is 3. The number of rotatable bonds is 3. The Kier molecular flexibility index (Phi) is 2.26. The Morgan fingerprint density at radius 1 is 1.53 bits per heavy atom. The highest BCUT2D eigenvalue weighted by Gasteiger charge is 2.58. The molecule has 1 N–H and O–H groups in total. The first kappa shape index (κ1) is 10.8. The number of methoxy groups -OCH3 is 1. The number of ketones is 1. The van der Waals surface area contributed by atoms with Crippen LogP contribution in [0.2, 0.25) is 0 Å². The molecule has 1 aromatic carbocycles. The molecule has 1 aliphatic carbocycles. The smallest absolute Gasteiger partial charge is 0.163 e. The number of piperidine rings is 1. The molecule has 3 nitrogen and oxygen atoms in total. The maximum absolute atomic E-state index is 11.6. The first-order valence-electron chi connectivity index (χ1n) is 6.07. The van der Waals surface area contributed by atoms with Gasteiger partial charge in [-0.25, -0.2) is 0 Å². The highest BCUT2D eigenvalue weighted by Crippen LogP contribution is 2.56. The molecule has 1 aliphatic heterocycles. The van der Waals surface area contributed by atoms with Gasteiger partial charge in [-0.3, -0.25) is 4.79 Å². The third-order valence-corrected chi connectivity index (χ3v) is 4.22. The first-order valence-corrected chi connectivity index (χ1v) is 6.07. The molecule has 0 radical (unpaired) electrons. The van der Waals surface area contributed by atoms with Crippen molar-refractivity contribution in [1.29, 1.82) is 0 Å². The Bertz CT molecular complexity index is 483. The Balaban J connectivity index is 2.02. The molecule has 1 aromatic rings. The van der Waals surface area contributed by atoms with E-state index in [1.807, 2.05) is 12.1 Å². The summed E-state index contributed by atoms with van der Waals surface area (Å²) in [4.78, 5) is 11.6. The molecule has 3 heteroatoms. The van der Waals surface area contributed by atoms with Gasteiger partial charge in [0, 0.05) is 12.0 Å². The molecule has 0 spiro atoms. The molecule has 2 aliphatic rings. The number of carbonyl (C=O) groups excluding carboxylic acids is 1. The van der Waals surface area contributed by atoms with Crippen LogP contribution in [-0.4, -0.2) is 26.0 Å². The molecule has 2 atom stereocenters. The van der Waals surface area contributed by atoms with E-state index < -0.39 is 0 Å². The van der Waals surface area contributed by atoms with E-state index in [2.05, 4.69) is 11.4 Å². The Labute approximate surface area is 101 Å². The zero-order chi connectivity index (χ0) is 12.0. The van der Waals surface area contributed by atoms with Gasteiger partial charge in [-0.1, -0.05) is 6.07 Å². The third-order valence-electron chi connectivity index (χ3n) is 4.22. The number of hydrogen-bond donors (Lipinski definition) is 1. The van der Waals surface area contributed by atoms with Crippen LogP contribution in [0.4, 0.5) is 0 Å².